The zero-order chi connectivity index (χ0) is 24.2. The lowest BCUT2D eigenvalue weighted by molar-refractivity contribution is 0.00578. The molecule has 172 valence electrons. The molecule has 0 aliphatic carbocycles. The van der Waals surface area contributed by atoms with E-state index in [9.17, 15) is 0 Å². The van der Waals surface area contributed by atoms with E-state index in [0.717, 1.165) is 44.1 Å². The molecule has 1 aliphatic heterocycles. The largest absolute Gasteiger partial charge is 0.494 e. The Morgan fingerprint density at radius 1 is 0.686 bits per heavy atom. The summed E-state index contributed by atoms with van der Waals surface area (Å²) in [5.74, 6) is 0.673. The van der Waals surface area contributed by atoms with Crippen LogP contribution < -0.4 is 5.46 Å². The van der Waals surface area contributed by atoms with Gasteiger partial charge in [0.1, 0.15) is 0 Å². The summed E-state index contributed by atoms with van der Waals surface area (Å²) < 4.78 is 12.4. The van der Waals surface area contributed by atoms with E-state index in [1.54, 1.807) is 0 Å². The summed E-state index contributed by atoms with van der Waals surface area (Å²) in [5.41, 5.74) is 4.87. The number of nitrogens with zero attached hydrogens (tertiary/aromatic N) is 3. The van der Waals surface area contributed by atoms with Gasteiger partial charge in [-0.15, -0.1) is 0 Å². The fourth-order valence-electron chi connectivity index (χ4n) is 4.39. The lowest BCUT2D eigenvalue weighted by Crippen LogP contribution is -2.41. The Kier molecular flexibility index (Phi) is 4.99. The number of pyridine rings is 1. The van der Waals surface area contributed by atoms with Gasteiger partial charge in [-0.3, -0.25) is 4.98 Å². The maximum Gasteiger partial charge on any atom is 0.494 e. The van der Waals surface area contributed by atoms with Gasteiger partial charge in [-0.1, -0.05) is 60.7 Å². The van der Waals surface area contributed by atoms with E-state index in [0.29, 0.717) is 5.82 Å². The van der Waals surface area contributed by atoms with Crippen molar-refractivity contribution >= 4 is 34.4 Å². The highest BCUT2D eigenvalue weighted by atomic mass is 16.7. The van der Waals surface area contributed by atoms with Crippen molar-refractivity contribution in [1.29, 1.82) is 0 Å². The van der Waals surface area contributed by atoms with Crippen LogP contribution >= 0.6 is 0 Å². The van der Waals surface area contributed by atoms with Crippen LogP contribution in [0.25, 0.3) is 44.5 Å². The van der Waals surface area contributed by atoms with Crippen molar-refractivity contribution in [2.75, 3.05) is 0 Å². The molecule has 0 atom stereocenters. The van der Waals surface area contributed by atoms with Crippen molar-refractivity contribution in [3.63, 3.8) is 0 Å². The number of fused-ring (bicyclic) bond motifs is 2. The van der Waals surface area contributed by atoms with E-state index in [1.165, 1.54) is 0 Å². The molecule has 1 aliphatic rings. The molecular weight excluding hydrogens is 433 g/mol. The van der Waals surface area contributed by atoms with Crippen molar-refractivity contribution < 1.29 is 9.31 Å². The van der Waals surface area contributed by atoms with Gasteiger partial charge in [0, 0.05) is 28.1 Å². The third-order valence-electron chi connectivity index (χ3n) is 7.16. The van der Waals surface area contributed by atoms with Gasteiger partial charge in [-0.25, -0.2) is 9.97 Å². The first-order chi connectivity index (χ1) is 16.8. The molecular formula is C29H26BN3O2. The molecule has 0 bridgehead atoms. The molecule has 1 fully saturated rings. The molecule has 0 spiro atoms. The minimum Gasteiger partial charge on any atom is -0.399 e. The van der Waals surface area contributed by atoms with Crippen LogP contribution in [0.1, 0.15) is 27.7 Å². The van der Waals surface area contributed by atoms with Crippen molar-refractivity contribution in [3.8, 4) is 22.6 Å². The summed E-state index contributed by atoms with van der Waals surface area (Å²) in [6, 6.07) is 26.5. The van der Waals surface area contributed by atoms with Gasteiger partial charge in [0.25, 0.3) is 0 Å². The Morgan fingerprint density at radius 2 is 1.34 bits per heavy atom. The molecule has 5 nitrogen and oxygen atoms in total. The number of rotatable bonds is 3. The highest BCUT2D eigenvalue weighted by Crippen LogP contribution is 2.36. The predicted molar refractivity (Wildman–Crippen MR) is 141 cm³/mol. The zero-order valence-electron chi connectivity index (χ0n) is 20.3. The van der Waals surface area contributed by atoms with E-state index in [1.807, 2.05) is 66.9 Å². The topological polar surface area (TPSA) is 57.1 Å². The maximum absolute atomic E-state index is 6.21. The van der Waals surface area contributed by atoms with Crippen LogP contribution in [-0.4, -0.2) is 33.3 Å². The van der Waals surface area contributed by atoms with Gasteiger partial charge in [-0.05, 0) is 51.4 Å². The zero-order valence-corrected chi connectivity index (χ0v) is 20.3. The molecule has 2 aromatic heterocycles. The van der Waals surface area contributed by atoms with Gasteiger partial charge in [0.05, 0.1) is 27.9 Å². The first-order valence-corrected chi connectivity index (χ1v) is 11.9. The predicted octanol–water partition coefficient (Wildman–Crippen LogP) is 5.81. The summed E-state index contributed by atoms with van der Waals surface area (Å²) >= 11 is 0. The number of benzene rings is 3. The lowest BCUT2D eigenvalue weighted by atomic mass is 9.79. The Balaban J connectivity index is 1.41. The highest BCUT2D eigenvalue weighted by molar-refractivity contribution is 6.62. The first kappa shape index (κ1) is 21.9. The van der Waals surface area contributed by atoms with Gasteiger partial charge < -0.3 is 9.31 Å². The lowest BCUT2D eigenvalue weighted by Gasteiger charge is -2.32. The van der Waals surface area contributed by atoms with E-state index < -0.39 is 7.12 Å². The minimum absolute atomic E-state index is 0.374. The van der Waals surface area contributed by atoms with Crippen LogP contribution in [0.3, 0.4) is 0 Å². The molecule has 0 unspecified atom stereocenters. The molecule has 0 N–H and O–H groups in total. The molecule has 5 aromatic rings. The van der Waals surface area contributed by atoms with Gasteiger partial charge in [0.15, 0.2) is 5.82 Å². The third-order valence-corrected chi connectivity index (χ3v) is 7.16. The Morgan fingerprint density at radius 3 is 2.09 bits per heavy atom. The van der Waals surface area contributed by atoms with E-state index in [4.69, 9.17) is 19.3 Å². The van der Waals surface area contributed by atoms with Gasteiger partial charge in [0.2, 0.25) is 0 Å². The first-order valence-electron chi connectivity index (χ1n) is 11.9. The SMILES string of the molecule is CC1(C)OB(c2ccc(-c3nc(-c4cnc5ccccc5c4)c4ccccc4n3)cc2)OC1(C)C. The second kappa shape index (κ2) is 7.97. The van der Waals surface area contributed by atoms with E-state index >= 15 is 0 Å². The summed E-state index contributed by atoms with van der Waals surface area (Å²) in [7, 11) is -0.397. The number of hydrogen-bond acceptors (Lipinski definition) is 5. The van der Waals surface area contributed by atoms with Crippen LogP contribution in [0.5, 0.6) is 0 Å². The van der Waals surface area contributed by atoms with Crippen LogP contribution in [0.2, 0.25) is 0 Å². The standard InChI is InChI=1S/C29H26BN3O2/c1-28(2)29(3,4)35-30(34-28)22-15-13-19(14-16-22)27-32-25-12-8-6-10-23(25)26(33-27)21-17-20-9-5-7-11-24(20)31-18-21/h5-18H,1-4H3. The minimum atomic E-state index is -0.397. The van der Waals surface area contributed by atoms with Crippen LogP contribution in [0.4, 0.5) is 0 Å². The fraction of sp³-hybridized carbons (Fsp3) is 0.207. The summed E-state index contributed by atoms with van der Waals surface area (Å²) in [6.07, 6.45) is 1.89. The van der Waals surface area contributed by atoms with Crippen molar-refractivity contribution in [2.24, 2.45) is 0 Å². The fourth-order valence-corrected chi connectivity index (χ4v) is 4.39. The van der Waals surface area contributed by atoms with E-state index in [2.05, 4.69) is 50.9 Å². The molecule has 0 radical (unpaired) electrons. The number of hydrogen-bond donors (Lipinski definition) is 0. The highest BCUT2D eigenvalue weighted by Gasteiger charge is 2.51. The third kappa shape index (κ3) is 3.79. The van der Waals surface area contributed by atoms with Crippen molar-refractivity contribution in [1.82, 2.24) is 15.0 Å². The number of para-hydroxylation sites is 2. The van der Waals surface area contributed by atoms with Crippen LogP contribution in [0.15, 0.2) is 85.1 Å². The van der Waals surface area contributed by atoms with E-state index in [-0.39, 0.29) is 11.2 Å². The second-order valence-corrected chi connectivity index (χ2v) is 10.0. The molecule has 3 heterocycles. The van der Waals surface area contributed by atoms with Gasteiger partial charge in [-0.2, -0.15) is 0 Å². The average molecular weight is 459 g/mol. The Hall–Kier alpha value is -3.61. The average Bonchev–Trinajstić information content (AvgIpc) is 3.09. The van der Waals surface area contributed by atoms with Crippen LogP contribution in [0, 0.1) is 0 Å². The quantitative estimate of drug-likeness (QED) is 0.319. The summed E-state index contributed by atoms with van der Waals surface area (Å²) in [4.78, 5) is 14.5. The number of aromatic nitrogens is 3. The Labute approximate surface area is 205 Å². The van der Waals surface area contributed by atoms with Crippen molar-refractivity contribution in [3.05, 3.63) is 85.1 Å². The summed E-state index contributed by atoms with van der Waals surface area (Å²) in [6.45, 7) is 8.25. The molecule has 3 aromatic carbocycles. The maximum atomic E-state index is 6.21. The molecule has 35 heavy (non-hydrogen) atoms. The smallest absolute Gasteiger partial charge is 0.399 e. The monoisotopic (exact) mass is 459 g/mol. The normalized spacial score (nSPS) is 16.7. The molecule has 6 rings (SSSR count). The second-order valence-electron chi connectivity index (χ2n) is 10.0. The van der Waals surface area contributed by atoms with Crippen molar-refractivity contribution in [2.45, 2.75) is 38.9 Å². The molecule has 1 saturated heterocycles. The Bertz CT molecular complexity index is 1550. The van der Waals surface area contributed by atoms with Crippen LogP contribution in [-0.2, 0) is 9.31 Å². The van der Waals surface area contributed by atoms with Gasteiger partial charge >= 0.3 is 7.12 Å². The molecule has 0 saturated carbocycles. The summed E-state index contributed by atoms with van der Waals surface area (Å²) in [5, 5.41) is 2.09. The molecule has 0 amide bonds. The molecule has 6 heteroatoms.